The van der Waals surface area contributed by atoms with Crippen molar-refractivity contribution in [3.05, 3.63) is 32.6 Å². The summed E-state index contributed by atoms with van der Waals surface area (Å²) >= 11 is 1.08. The quantitative estimate of drug-likeness (QED) is 0.762. The normalized spacial score (nSPS) is 12.0. The third-order valence-corrected chi connectivity index (χ3v) is 4.21. The summed E-state index contributed by atoms with van der Waals surface area (Å²) in [7, 11) is 0. The molecule has 0 saturated carbocycles. The van der Waals surface area contributed by atoms with Crippen LogP contribution in [0.4, 0.5) is 5.82 Å². The summed E-state index contributed by atoms with van der Waals surface area (Å²) in [4.78, 5) is 35.5. The second-order valence-corrected chi connectivity index (χ2v) is 6.06. The van der Waals surface area contributed by atoms with Gasteiger partial charge in [0.05, 0.1) is 6.42 Å². The summed E-state index contributed by atoms with van der Waals surface area (Å²) in [5.41, 5.74) is 0.795. The molecular formula is C15H19N3O5S. The number of amides is 1. The largest absolute Gasteiger partial charge is 0.452 e. The minimum Gasteiger partial charge on any atom is -0.452 e. The average Bonchev–Trinajstić information content (AvgIpc) is 3.08. The van der Waals surface area contributed by atoms with E-state index in [1.807, 2.05) is 0 Å². The molecule has 0 radical (unpaired) electrons. The van der Waals surface area contributed by atoms with Crippen LogP contribution in [0.15, 0.2) is 20.8 Å². The molecular weight excluding hydrogens is 334 g/mol. The Kier molecular flexibility index (Phi) is 5.91. The molecule has 0 aliphatic heterocycles. The Morgan fingerprint density at radius 1 is 1.46 bits per heavy atom. The first-order chi connectivity index (χ1) is 11.4. The molecule has 2 aromatic rings. The predicted molar refractivity (Wildman–Crippen MR) is 88.0 cm³/mol. The molecule has 8 nitrogen and oxygen atoms in total. The van der Waals surface area contributed by atoms with Gasteiger partial charge in [0.15, 0.2) is 11.9 Å². The molecule has 24 heavy (non-hydrogen) atoms. The van der Waals surface area contributed by atoms with Crippen LogP contribution in [-0.4, -0.2) is 27.7 Å². The molecule has 9 heteroatoms. The Balaban J connectivity index is 1.88. The van der Waals surface area contributed by atoms with Crippen LogP contribution in [0, 0.1) is 13.8 Å². The number of thiazole rings is 1. The van der Waals surface area contributed by atoms with E-state index in [-0.39, 0.29) is 23.7 Å². The number of hydrogen-bond donors (Lipinski definition) is 1. The van der Waals surface area contributed by atoms with Gasteiger partial charge in [-0.05, 0) is 20.3 Å². The standard InChI is InChI=1S/C15H19N3O5S/c1-4-11(14(20)16-12-7-10(3)23-17-12)22-13(19)5-6-18-9(2)8-24-15(18)21/h7-8,11H,4-6H2,1-3H3,(H,16,17,20). The second kappa shape index (κ2) is 7.91. The number of hydrogen-bond acceptors (Lipinski definition) is 7. The van der Waals surface area contributed by atoms with Crippen LogP contribution in [0.3, 0.4) is 0 Å². The Hall–Kier alpha value is -2.42. The number of rotatable bonds is 7. The van der Waals surface area contributed by atoms with E-state index >= 15 is 0 Å². The molecule has 1 atom stereocenters. The van der Waals surface area contributed by atoms with Crippen molar-refractivity contribution in [3.8, 4) is 0 Å². The maximum atomic E-state index is 12.1. The van der Waals surface area contributed by atoms with Crippen molar-refractivity contribution in [2.24, 2.45) is 0 Å². The number of esters is 1. The Morgan fingerprint density at radius 2 is 2.21 bits per heavy atom. The number of nitrogens with one attached hydrogen (secondary N) is 1. The zero-order chi connectivity index (χ0) is 17.7. The molecule has 0 aromatic carbocycles. The third-order valence-electron chi connectivity index (χ3n) is 3.33. The van der Waals surface area contributed by atoms with E-state index in [2.05, 4.69) is 10.5 Å². The highest BCUT2D eigenvalue weighted by atomic mass is 32.1. The Morgan fingerprint density at radius 3 is 2.75 bits per heavy atom. The summed E-state index contributed by atoms with van der Waals surface area (Å²) < 4.78 is 11.6. The SMILES string of the molecule is CCC(OC(=O)CCn1c(C)csc1=O)C(=O)Nc1cc(C)on1. The van der Waals surface area contributed by atoms with Gasteiger partial charge in [-0.25, -0.2) is 0 Å². The van der Waals surface area contributed by atoms with Crippen LogP contribution in [0.1, 0.15) is 31.2 Å². The zero-order valence-electron chi connectivity index (χ0n) is 13.7. The van der Waals surface area contributed by atoms with Crippen LogP contribution in [0.25, 0.3) is 0 Å². The molecule has 0 saturated heterocycles. The van der Waals surface area contributed by atoms with Crippen LogP contribution in [0.5, 0.6) is 0 Å². The van der Waals surface area contributed by atoms with E-state index in [4.69, 9.17) is 9.26 Å². The summed E-state index contributed by atoms with van der Waals surface area (Å²) in [5, 5.41) is 7.92. The minimum absolute atomic E-state index is 0.0182. The second-order valence-electron chi connectivity index (χ2n) is 5.24. The number of anilines is 1. The smallest absolute Gasteiger partial charge is 0.308 e. The van der Waals surface area contributed by atoms with Gasteiger partial charge in [0, 0.05) is 23.7 Å². The van der Waals surface area contributed by atoms with Gasteiger partial charge < -0.3 is 19.1 Å². The highest BCUT2D eigenvalue weighted by molar-refractivity contribution is 7.07. The highest BCUT2D eigenvalue weighted by Gasteiger charge is 2.22. The molecule has 0 fully saturated rings. The van der Waals surface area contributed by atoms with Gasteiger partial charge in [-0.2, -0.15) is 0 Å². The van der Waals surface area contributed by atoms with E-state index < -0.39 is 18.0 Å². The van der Waals surface area contributed by atoms with Crippen molar-refractivity contribution in [3.63, 3.8) is 0 Å². The van der Waals surface area contributed by atoms with Gasteiger partial charge in [0.1, 0.15) is 5.76 Å². The number of aromatic nitrogens is 2. The fourth-order valence-corrected chi connectivity index (χ4v) is 2.81. The highest BCUT2D eigenvalue weighted by Crippen LogP contribution is 2.10. The first kappa shape index (κ1) is 17.9. The lowest BCUT2D eigenvalue weighted by atomic mass is 10.2. The van der Waals surface area contributed by atoms with Crippen molar-refractivity contribution in [1.29, 1.82) is 0 Å². The molecule has 1 N–H and O–H groups in total. The maximum Gasteiger partial charge on any atom is 0.308 e. The van der Waals surface area contributed by atoms with E-state index in [1.165, 1.54) is 4.57 Å². The molecule has 2 aromatic heterocycles. The van der Waals surface area contributed by atoms with E-state index in [1.54, 1.807) is 32.2 Å². The summed E-state index contributed by atoms with van der Waals surface area (Å²) in [6.07, 6.45) is -0.578. The van der Waals surface area contributed by atoms with Crippen LogP contribution < -0.4 is 10.2 Å². The average molecular weight is 353 g/mol. The van der Waals surface area contributed by atoms with E-state index in [0.717, 1.165) is 17.0 Å². The first-order valence-corrected chi connectivity index (χ1v) is 8.37. The fraction of sp³-hybridized carbons (Fsp3) is 0.467. The van der Waals surface area contributed by atoms with E-state index in [0.29, 0.717) is 12.2 Å². The van der Waals surface area contributed by atoms with Crippen LogP contribution in [-0.2, 0) is 20.9 Å². The van der Waals surface area contributed by atoms with Gasteiger partial charge in [-0.3, -0.25) is 14.4 Å². The lowest BCUT2D eigenvalue weighted by molar-refractivity contribution is -0.154. The molecule has 2 heterocycles. The van der Waals surface area contributed by atoms with E-state index in [9.17, 15) is 14.4 Å². The minimum atomic E-state index is -0.921. The van der Waals surface area contributed by atoms with Crippen molar-refractivity contribution in [1.82, 2.24) is 9.72 Å². The fourth-order valence-electron chi connectivity index (χ4n) is 2.05. The number of nitrogens with zero attached hydrogens (tertiary/aromatic N) is 2. The predicted octanol–water partition coefficient (Wildman–Crippen LogP) is 1.87. The van der Waals surface area contributed by atoms with Crippen molar-refractivity contribution < 1.29 is 18.8 Å². The third kappa shape index (κ3) is 4.54. The Labute approximate surface area is 142 Å². The molecule has 130 valence electrons. The summed E-state index contributed by atoms with van der Waals surface area (Å²) in [6.45, 7) is 5.46. The molecule has 0 aliphatic carbocycles. The topological polar surface area (TPSA) is 103 Å². The van der Waals surface area contributed by atoms with Gasteiger partial charge in [0.2, 0.25) is 0 Å². The van der Waals surface area contributed by atoms with Crippen LogP contribution in [0.2, 0.25) is 0 Å². The molecule has 0 aliphatic rings. The number of ether oxygens (including phenoxy) is 1. The lowest BCUT2D eigenvalue weighted by Gasteiger charge is -2.15. The maximum absolute atomic E-state index is 12.1. The molecule has 1 unspecified atom stereocenters. The van der Waals surface area contributed by atoms with Gasteiger partial charge in [0.25, 0.3) is 5.91 Å². The van der Waals surface area contributed by atoms with Crippen molar-refractivity contribution in [2.45, 2.75) is 46.3 Å². The number of carbonyl (C=O) groups excluding carboxylic acids is 2. The van der Waals surface area contributed by atoms with Gasteiger partial charge >= 0.3 is 10.8 Å². The Bertz CT molecular complexity index is 776. The molecule has 0 spiro atoms. The number of carbonyl (C=O) groups is 2. The first-order valence-electron chi connectivity index (χ1n) is 7.49. The molecule has 1 amide bonds. The van der Waals surface area contributed by atoms with Crippen LogP contribution >= 0.6 is 11.3 Å². The molecule has 0 bridgehead atoms. The monoisotopic (exact) mass is 353 g/mol. The summed E-state index contributed by atoms with van der Waals surface area (Å²) in [5.74, 6) is -0.173. The summed E-state index contributed by atoms with van der Waals surface area (Å²) in [6, 6.07) is 1.57. The zero-order valence-corrected chi connectivity index (χ0v) is 14.5. The van der Waals surface area contributed by atoms with Gasteiger partial charge in [-0.1, -0.05) is 23.4 Å². The number of aryl methyl sites for hydroxylation is 2. The van der Waals surface area contributed by atoms with Crippen molar-refractivity contribution in [2.75, 3.05) is 5.32 Å². The van der Waals surface area contributed by atoms with Crippen molar-refractivity contribution >= 4 is 29.0 Å². The van der Waals surface area contributed by atoms with Gasteiger partial charge in [-0.15, -0.1) is 0 Å². The molecule has 2 rings (SSSR count). The lowest BCUT2D eigenvalue weighted by Crippen LogP contribution is -2.32.